The van der Waals surface area contributed by atoms with E-state index in [0.717, 1.165) is 25.2 Å². The summed E-state index contributed by atoms with van der Waals surface area (Å²) in [5.41, 5.74) is 3.96. The molecule has 0 saturated heterocycles. The van der Waals surface area contributed by atoms with E-state index in [0.29, 0.717) is 5.92 Å². The van der Waals surface area contributed by atoms with E-state index in [4.69, 9.17) is 4.74 Å². The van der Waals surface area contributed by atoms with Gasteiger partial charge in [0.1, 0.15) is 5.75 Å². The van der Waals surface area contributed by atoms with E-state index in [9.17, 15) is 0 Å². The molecule has 0 unspecified atom stereocenters. The summed E-state index contributed by atoms with van der Waals surface area (Å²) in [4.78, 5) is 0. The van der Waals surface area contributed by atoms with Gasteiger partial charge in [-0.05, 0) is 42.4 Å². The van der Waals surface area contributed by atoms with Crippen molar-refractivity contribution in [3.8, 4) is 5.75 Å². The minimum absolute atomic E-state index is 0.641. The summed E-state index contributed by atoms with van der Waals surface area (Å²) >= 11 is 0. The van der Waals surface area contributed by atoms with E-state index >= 15 is 0 Å². The zero-order chi connectivity index (χ0) is 15.2. The Kier molecular flexibility index (Phi) is 5.15. The van der Waals surface area contributed by atoms with Gasteiger partial charge in [0, 0.05) is 12.0 Å². The van der Waals surface area contributed by atoms with Crippen molar-refractivity contribution >= 4 is 0 Å². The second-order valence-corrected chi connectivity index (χ2v) is 6.24. The molecular weight excluding hydrogens is 268 g/mol. The van der Waals surface area contributed by atoms with Crippen molar-refractivity contribution in [3.63, 3.8) is 0 Å². The number of rotatable bonds is 6. The highest BCUT2D eigenvalue weighted by Gasteiger charge is 2.22. The van der Waals surface area contributed by atoms with Crippen LogP contribution in [0.1, 0.15) is 61.6 Å². The van der Waals surface area contributed by atoms with Crippen molar-refractivity contribution in [2.75, 3.05) is 6.61 Å². The smallest absolute Gasteiger partial charge is 0.126 e. The van der Waals surface area contributed by atoms with Crippen LogP contribution in [0.4, 0.5) is 0 Å². The zero-order valence-electron chi connectivity index (χ0n) is 13.5. The lowest BCUT2D eigenvalue weighted by molar-refractivity contribution is 0.309. The summed E-state index contributed by atoms with van der Waals surface area (Å²) < 4.78 is 6.17. The lowest BCUT2D eigenvalue weighted by Gasteiger charge is -2.19. The molecule has 22 heavy (non-hydrogen) atoms. The van der Waals surface area contributed by atoms with Gasteiger partial charge in [-0.25, -0.2) is 0 Å². The highest BCUT2D eigenvalue weighted by molar-refractivity contribution is 5.45. The van der Waals surface area contributed by atoms with Crippen LogP contribution in [0.25, 0.3) is 0 Å². The average molecular weight is 293 g/mol. The fourth-order valence-corrected chi connectivity index (χ4v) is 3.39. The SMILES string of the molecule is CCCOc1c(C2CCCC2)[c]ccc1Cc1ccccc1. The topological polar surface area (TPSA) is 9.23 Å². The van der Waals surface area contributed by atoms with E-state index in [1.54, 1.807) is 0 Å². The second-order valence-electron chi connectivity index (χ2n) is 6.24. The number of hydrogen-bond acceptors (Lipinski definition) is 1. The molecule has 0 amide bonds. The summed E-state index contributed by atoms with van der Waals surface area (Å²) in [7, 11) is 0. The van der Waals surface area contributed by atoms with E-state index in [2.05, 4.69) is 55.5 Å². The monoisotopic (exact) mass is 293 g/mol. The van der Waals surface area contributed by atoms with Gasteiger partial charge >= 0.3 is 0 Å². The predicted molar refractivity (Wildman–Crippen MR) is 91.5 cm³/mol. The molecule has 0 spiro atoms. The van der Waals surface area contributed by atoms with Crippen LogP contribution in [0.2, 0.25) is 0 Å². The van der Waals surface area contributed by atoms with Gasteiger partial charge in [-0.15, -0.1) is 0 Å². The van der Waals surface area contributed by atoms with E-state index < -0.39 is 0 Å². The molecule has 0 aliphatic heterocycles. The molecule has 0 heterocycles. The van der Waals surface area contributed by atoms with Gasteiger partial charge in [-0.3, -0.25) is 0 Å². The molecule has 1 fully saturated rings. The van der Waals surface area contributed by atoms with Crippen molar-refractivity contribution in [1.82, 2.24) is 0 Å². The van der Waals surface area contributed by atoms with E-state index in [-0.39, 0.29) is 0 Å². The molecule has 3 rings (SSSR count). The molecular formula is C21H25O. The lowest BCUT2D eigenvalue weighted by atomic mass is 9.92. The quantitative estimate of drug-likeness (QED) is 0.681. The minimum Gasteiger partial charge on any atom is -0.493 e. The Morgan fingerprint density at radius 2 is 1.86 bits per heavy atom. The first kappa shape index (κ1) is 15.1. The maximum atomic E-state index is 6.17. The highest BCUT2D eigenvalue weighted by atomic mass is 16.5. The number of ether oxygens (including phenoxy) is 1. The van der Waals surface area contributed by atoms with Gasteiger partial charge in [-0.2, -0.15) is 0 Å². The van der Waals surface area contributed by atoms with Crippen LogP contribution >= 0.6 is 0 Å². The molecule has 0 atom stereocenters. The third kappa shape index (κ3) is 3.52. The summed E-state index contributed by atoms with van der Waals surface area (Å²) in [6.45, 7) is 2.96. The van der Waals surface area contributed by atoms with E-state index in [1.165, 1.54) is 42.4 Å². The maximum absolute atomic E-state index is 6.17. The first-order valence-corrected chi connectivity index (χ1v) is 8.58. The zero-order valence-corrected chi connectivity index (χ0v) is 13.5. The van der Waals surface area contributed by atoms with Gasteiger partial charge < -0.3 is 4.74 Å². The van der Waals surface area contributed by atoms with Crippen LogP contribution in [0.15, 0.2) is 42.5 Å². The fourth-order valence-electron chi connectivity index (χ4n) is 3.39. The van der Waals surface area contributed by atoms with Crippen molar-refractivity contribution < 1.29 is 4.74 Å². The molecule has 1 heteroatoms. The predicted octanol–water partition coefficient (Wildman–Crippen LogP) is 5.52. The Morgan fingerprint density at radius 3 is 2.59 bits per heavy atom. The van der Waals surface area contributed by atoms with Crippen molar-refractivity contribution in [3.05, 3.63) is 65.2 Å². The van der Waals surface area contributed by atoms with Crippen LogP contribution in [0, 0.1) is 6.07 Å². The lowest BCUT2D eigenvalue weighted by Crippen LogP contribution is -2.05. The minimum atomic E-state index is 0.641. The Balaban J connectivity index is 1.91. The number of hydrogen-bond donors (Lipinski definition) is 0. The molecule has 0 N–H and O–H groups in total. The normalized spacial score (nSPS) is 15.1. The Morgan fingerprint density at radius 1 is 1.09 bits per heavy atom. The molecule has 1 saturated carbocycles. The molecule has 1 nitrogen and oxygen atoms in total. The first-order valence-electron chi connectivity index (χ1n) is 8.58. The molecule has 0 bridgehead atoms. The van der Waals surface area contributed by atoms with Crippen LogP contribution in [0.3, 0.4) is 0 Å². The van der Waals surface area contributed by atoms with Crippen molar-refractivity contribution in [2.24, 2.45) is 0 Å². The van der Waals surface area contributed by atoms with Gasteiger partial charge in [0.15, 0.2) is 0 Å². The van der Waals surface area contributed by atoms with Crippen molar-refractivity contribution in [2.45, 2.75) is 51.4 Å². The fraction of sp³-hybridized carbons (Fsp3) is 0.429. The summed E-state index contributed by atoms with van der Waals surface area (Å²) in [6, 6.07) is 18.4. The van der Waals surface area contributed by atoms with Crippen molar-refractivity contribution in [1.29, 1.82) is 0 Å². The van der Waals surface area contributed by atoms with Crippen LogP contribution in [0.5, 0.6) is 5.75 Å². The van der Waals surface area contributed by atoms with Gasteiger partial charge in [0.2, 0.25) is 0 Å². The molecule has 1 radical (unpaired) electrons. The third-order valence-electron chi connectivity index (χ3n) is 4.51. The van der Waals surface area contributed by atoms with Gasteiger partial charge in [-0.1, -0.05) is 62.2 Å². The van der Waals surface area contributed by atoms with Gasteiger partial charge in [0.25, 0.3) is 0 Å². The van der Waals surface area contributed by atoms with Crippen LogP contribution in [-0.4, -0.2) is 6.61 Å². The molecule has 0 aromatic heterocycles. The van der Waals surface area contributed by atoms with E-state index in [1.807, 2.05) is 0 Å². The Hall–Kier alpha value is -1.76. The molecule has 1 aliphatic rings. The Labute approximate surface area is 134 Å². The third-order valence-corrected chi connectivity index (χ3v) is 4.51. The average Bonchev–Trinajstić information content (AvgIpc) is 3.09. The second kappa shape index (κ2) is 7.49. The molecule has 115 valence electrons. The summed E-state index contributed by atoms with van der Waals surface area (Å²) in [6.07, 6.45) is 7.24. The summed E-state index contributed by atoms with van der Waals surface area (Å²) in [5, 5.41) is 0. The molecule has 1 aliphatic carbocycles. The van der Waals surface area contributed by atoms with Gasteiger partial charge in [0.05, 0.1) is 6.61 Å². The standard InChI is InChI=1S/C21H25O/c1-2-15-22-21-19(16-17-9-4-3-5-10-17)13-8-14-20(21)18-11-6-7-12-18/h3-5,8-10,13,18H,2,6-7,11-12,15-16H2,1H3. The number of benzene rings is 2. The van der Waals surface area contributed by atoms with Crippen LogP contribution < -0.4 is 4.74 Å². The largest absolute Gasteiger partial charge is 0.493 e. The first-order chi connectivity index (χ1) is 10.9. The Bertz CT molecular complexity index is 582. The molecule has 2 aromatic rings. The highest BCUT2D eigenvalue weighted by Crippen LogP contribution is 2.40. The summed E-state index contributed by atoms with van der Waals surface area (Å²) in [5.74, 6) is 1.75. The molecule has 2 aromatic carbocycles. The van der Waals surface area contributed by atoms with Crippen LogP contribution in [-0.2, 0) is 6.42 Å². The maximum Gasteiger partial charge on any atom is 0.126 e.